The van der Waals surface area contributed by atoms with Gasteiger partial charge in [-0.2, -0.15) is 0 Å². The Morgan fingerprint density at radius 2 is 1.94 bits per heavy atom. The number of pyridine rings is 1. The van der Waals surface area contributed by atoms with E-state index in [2.05, 4.69) is 0 Å². The lowest BCUT2D eigenvalue weighted by atomic mass is 9.92. The summed E-state index contributed by atoms with van der Waals surface area (Å²) in [5.41, 5.74) is 0.822. The van der Waals surface area contributed by atoms with Crippen LogP contribution in [0.1, 0.15) is 38.1 Å². The lowest BCUT2D eigenvalue weighted by Crippen LogP contribution is -2.66. The lowest BCUT2D eigenvalue weighted by Gasteiger charge is -2.51. The third kappa shape index (κ3) is 2.79. The van der Waals surface area contributed by atoms with E-state index >= 15 is 4.39 Å². The highest BCUT2D eigenvalue weighted by molar-refractivity contribution is 7.11. The minimum absolute atomic E-state index is 0.160. The number of nitrogens with zero attached hydrogens (tertiary/aromatic N) is 3. The van der Waals surface area contributed by atoms with Gasteiger partial charge in [0.1, 0.15) is 6.17 Å². The molecule has 2 aliphatic heterocycles. The van der Waals surface area contributed by atoms with Crippen molar-refractivity contribution in [2.75, 3.05) is 24.8 Å². The highest BCUT2D eigenvalue weighted by Crippen LogP contribution is 2.45. The van der Waals surface area contributed by atoms with Crippen molar-refractivity contribution in [3.63, 3.8) is 0 Å². The summed E-state index contributed by atoms with van der Waals surface area (Å²) in [6.45, 7) is 0.729. The first-order chi connectivity index (χ1) is 17.5. The smallest absolute Gasteiger partial charge is 0.278 e. The van der Waals surface area contributed by atoms with Crippen molar-refractivity contribution in [3.05, 3.63) is 97.1 Å². The monoisotopic (exact) mass is 507 g/mol. The molecule has 182 valence electrons. The van der Waals surface area contributed by atoms with Crippen LogP contribution in [0.3, 0.4) is 0 Å². The summed E-state index contributed by atoms with van der Waals surface area (Å²) in [5.74, 6) is -2.96. The second-order valence-electron chi connectivity index (χ2n) is 9.13. The Labute approximate surface area is 207 Å². The second kappa shape index (κ2) is 7.62. The fourth-order valence-corrected chi connectivity index (χ4v) is 6.80. The fourth-order valence-electron chi connectivity index (χ4n) is 5.75. The highest BCUT2D eigenvalue weighted by atomic mass is 32.1. The Balaban J connectivity index is 1.59. The minimum Gasteiger partial charge on any atom is -0.502 e. The van der Waals surface area contributed by atoms with E-state index in [1.807, 2.05) is 28.6 Å². The number of thiophene rings is 1. The molecule has 4 aromatic rings. The number of amides is 1. The van der Waals surface area contributed by atoms with E-state index in [-0.39, 0.29) is 30.8 Å². The van der Waals surface area contributed by atoms with Gasteiger partial charge in [0.05, 0.1) is 19.3 Å². The number of carbonyl (C=O) groups excluding carboxylic acids is 1. The zero-order valence-corrected chi connectivity index (χ0v) is 19.6. The molecule has 2 unspecified atom stereocenters. The Kier molecular flexibility index (Phi) is 4.55. The van der Waals surface area contributed by atoms with Crippen molar-refractivity contribution in [1.82, 2.24) is 9.58 Å². The van der Waals surface area contributed by atoms with Crippen LogP contribution in [0.25, 0.3) is 10.8 Å². The van der Waals surface area contributed by atoms with Crippen LogP contribution in [0.5, 0.6) is 5.75 Å². The van der Waals surface area contributed by atoms with Crippen LogP contribution in [0.15, 0.2) is 52.8 Å². The molecule has 0 saturated carbocycles. The van der Waals surface area contributed by atoms with Crippen molar-refractivity contribution in [2.45, 2.75) is 18.6 Å². The first-order valence-corrected chi connectivity index (χ1v) is 12.4. The van der Waals surface area contributed by atoms with Gasteiger partial charge in [0.15, 0.2) is 23.1 Å². The number of benzene rings is 2. The van der Waals surface area contributed by atoms with Gasteiger partial charge in [-0.15, -0.1) is 11.3 Å². The van der Waals surface area contributed by atoms with Gasteiger partial charge in [-0.3, -0.25) is 19.3 Å². The zero-order chi connectivity index (χ0) is 24.7. The third-order valence-corrected chi connectivity index (χ3v) is 8.34. The summed E-state index contributed by atoms with van der Waals surface area (Å²) in [6.07, 6.45) is 1.06. The maximum Gasteiger partial charge on any atom is 0.278 e. The molecule has 7 rings (SSSR count). The SMILES string of the molecule is O=C1c2c(O)c(=O)ccn2N(C2c3ccc(F)c(F)c3Cc3scc4cccc2c34)C2COCCN12. The topological polar surface area (TPSA) is 75.0 Å². The van der Waals surface area contributed by atoms with E-state index in [9.17, 15) is 19.1 Å². The summed E-state index contributed by atoms with van der Waals surface area (Å²) in [7, 11) is 0. The van der Waals surface area contributed by atoms with E-state index in [4.69, 9.17) is 4.74 Å². The molecule has 2 aromatic carbocycles. The molecule has 1 N–H and O–H groups in total. The van der Waals surface area contributed by atoms with Gasteiger partial charge in [0, 0.05) is 41.1 Å². The van der Waals surface area contributed by atoms with Crippen molar-refractivity contribution >= 4 is 28.0 Å². The van der Waals surface area contributed by atoms with Crippen LogP contribution in [-0.4, -0.2) is 46.5 Å². The van der Waals surface area contributed by atoms with Crippen molar-refractivity contribution in [2.24, 2.45) is 0 Å². The predicted octanol–water partition coefficient (Wildman–Crippen LogP) is 3.49. The standard InChI is InChI=1S/C26H19F2N3O4S/c27-17-5-4-14-16(22(17)28)10-19-21-13(12-36-19)2-1-3-15(21)23(14)31-20-11-35-9-8-29(20)26(34)24-25(33)18(32)6-7-30(24)31/h1-7,12,20,23,33H,8-11H2. The number of carbonyl (C=O) groups is 1. The van der Waals surface area contributed by atoms with Crippen molar-refractivity contribution in [3.8, 4) is 5.75 Å². The van der Waals surface area contributed by atoms with Gasteiger partial charge in [-0.25, -0.2) is 8.78 Å². The van der Waals surface area contributed by atoms with Crippen LogP contribution in [0, 0.1) is 11.6 Å². The molecule has 4 heterocycles. The van der Waals surface area contributed by atoms with E-state index < -0.39 is 40.9 Å². The van der Waals surface area contributed by atoms with E-state index in [0.717, 1.165) is 27.3 Å². The van der Waals surface area contributed by atoms with Gasteiger partial charge in [-0.1, -0.05) is 24.3 Å². The number of hydrogen-bond donors (Lipinski definition) is 1. The van der Waals surface area contributed by atoms with Crippen LogP contribution in [0.4, 0.5) is 8.78 Å². The molecule has 0 spiro atoms. The summed E-state index contributed by atoms with van der Waals surface area (Å²) in [4.78, 5) is 28.2. The quantitative estimate of drug-likeness (QED) is 0.427. The average molecular weight is 508 g/mol. The summed E-state index contributed by atoms with van der Waals surface area (Å²) in [5, 5.41) is 16.5. The number of fused-ring (bicyclic) bond motifs is 3. The molecule has 1 saturated heterocycles. The first kappa shape index (κ1) is 21.5. The van der Waals surface area contributed by atoms with Gasteiger partial charge in [0.2, 0.25) is 5.43 Å². The Morgan fingerprint density at radius 1 is 1.08 bits per heavy atom. The lowest BCUT2D eigenvalue weighted by molar-refractivity contribution is -0.0196. The molecular formula is C26H19F2N3O4S. The molecule has 1 amide bonds. The molecule has 36 heavy (non-hydrogen) atoms. The van der Waals surface area contributed by atoms with Gasteiger partial charge >= 0.3 is 0 Å². The summed E-state index contributed by atoms with van der Waals surface area (Å²) < 4.78 is 37.1. The molecule has 2 aromatic heterocycles. The molecule has 7 nitrogen and oxygen atoms in total. The van der Waals surface area contributed by atoms with Crippen LogP contribution in [0.2, 0.25) is 0 Å². The number of halogens is 2. The Hall–Kier alpha value is -3.76. The van der Waals surface area contributed by atoms with Gasteiger partial charge in [0.25, 0.3) is 5.91 Å². The van der Waals surface area contributed by atoms with E-state index in [0.29, 0.717) is 12.2 Å². The van der Waals surface area contributed by atoms with Gasteiger partial charge in [-0.05, 0) is 28.0 Å². The molecule has 3 aliphatic rings. The molecule has 0 radical (unpaired) electrons. The Bertz CT molecular complexity index is 1650. The Morgan fingerprint density at radius 3 is 2.81 bits per heavy atom. The normalized spacial score (nSPS) is 20.7. The summed E-state index contributed by atoms with van der Waals surface area (Å²) >= 11 is 1.50. The number of aromatic hydroxyl groups is 1. The second-order valence-corrected chi connectivity index (χ2v) is 10.1. The van der Waals surface area contributed by atoms with E-state index in [1.54, 1.807) is 11.0 Å². The highest BCUT2D eigenvalue weighted by Gasteiger charge is 2.46. The first-order valence-electron chi connectivity index (χ1n) is 11.5. The average Bonchev–Trinajstić information content (AvgIpc) is 3.24. The molecule has 0 bridgehead atoms. The number of morpholine rings is 1. The van der Waals surface area contributed by atoms with Crippen molar-refractivity contribution in [1.29, 1.82) is 0 Å². The predicted molar refractivity (Wildman–Crippen MR) is 129 cm³/mol. The van der Waals surface area contributed by atoms with Crippen LogP contribution >= 0.6 is 11.3 Å². The largest absolute Gasteiger partial charge is 0.502 e. The van der Waals surface area contributed by atoms with Crippen molar-refractivity contribution < 1.29 is 23.4 Å². The summed E-state index contributed by atoms with van der Waals surface area (Å²) in [6, 6.07) is 9.08. The number of rotatable bonds is 1. The molecule has 1 fully saturated rings. The third-order valence-electron chi connectivity index (χ3n) is 7.33. The number of aromatic nitrogens is 1. The molecule has 10 heteroatoms. The maximum atomic E-state index is 15.4. The van der Waals surface area contributed by atoms with E-state index in [1.165, 1.54) is 28.3 Å². The molecular weight excluding hydrogens is 488 g/mol. The van der Waals surface area contributed by atoms with Gasteiger partial charge < -0.3 is 14.7 Å². The molecule has 1 aliphatic carbocycles. The number of hydrogen-bond acceptors (Lipinski definition) is 6. The minimum atomic E-state index is -0.926. The van der Waals surface area contributed by atoms with Crippen LogP contribution in [-0.2, 0) is 11.2 Å². The number of ether oxygens (including phenoxy) is 1. The zero-order valence-electron chi connectivity index (χ0n) is 18.8. The fraction of sp³-hybridized carbons (Fsp3) is 0.231. The molecule has 2 atom stereocenters. The maximum absolute atomic E-state index is 15.4. The van der Waals surface area contributed by atoms with Crippen LogP contribution < -0.4 is 10.4 Å².